The smallest absolute Gasteiger partial charge is 0.230 e. The van der Waals surface area contributed by atoms with Crippen LogP contribution < -0.4 is 5.32 Å². The van der Waals surface area contributed by atoms with Crippen molar-refractivity contribution in [2.45, 2.75) is 13.3 Å². The monoisotopic (exact) mass is 311 g/mol. The van der Waals surface area contributed by atoms with Gasteiger partial charge in [0.1, 0.15) is 11.6 Å². The summed E-state index contributed by atoms with van der Waals surface area (Å²) in [5.74, 6) is 0.298. The third-order valence-electron chi connectivity index (χ3n) is 3.24. The van der Waals surface area contributed by atoms with Crippen molar-refractivity contribution in [3.8, 4) is 11.5 Å². The summed E-state index contributed by atoms with van der Waals surface area (Å²) < 4.78 is 18.7. The first-order chi connectivity index (χ1) is 11.1. The van der Waals surface area contributed by atoms with Gasteiger partial charge in [0.05, 0.1) is 17.7 Å². The molecule has 0 fully saturated rings. The van der Waals surface area contributed by atoms with Gasteiger partial charge in [-0.05, 0) is 37.3 Å². The first-order valence-electron chi connectivity index (χ1n) is 7.04. The number of hydrogen-bond acceptors (Lipinski definition) is 4. The van der Waals surface area contributed by atoms with Crippen molar-refractivity contribution >= 4 is 11.6 Å². The van der Waals surface area contributed by atoms with Crippen molar-refractivity contribution in [2.24, 2.45) is 0 Å². The Balaban J connectivity index is 1.73. The van der Waals surface area contributed by atoms with Crippen LogP contribution in [0.4, 0.5) is 10.1 Å². The summed E-state index contributed by atoms with van der Waals surface area (Å²) in [5.41, 5.74) is 1.69. The number of aromatic nitrogens is 2. The fraction of sp³-hybridized carbons (Fsp3) is 0.118. The second kappa shape index (κ2) is 6.39. The average molecular weight is 311 g/mol. The molecule has 0 atom stereocenters. The maximum absolute atomic E-state index is 13.1. The highest BCUT2D eigenvalue weighted by molar-refractivity contribution is 5.92. The summed E-state index contributed by atoms with van der Waals surface area (Å²) in [6.45, 7) is 1.75. The van der Waals surface area contributed by atoms with Crippen molar-refractivity contribution in [3.63, 3.8) is 0 Å². The van der Waals surface area contributed by atoms with Crippen LogP contribution in [0.1, 0.15) is 11.5 Å². The minimum Gasteiger partial charge on any atom is -0.441 e. The van der Waals surface area contributed by atoms with Crippen LogP contribution in [-0.2, 0) is 11.2 Å². The number of carbonyl (C=O) groups excluding carboxylic acids is 1. The summed E-state index contributed by atoms with van der Waals surface area (Å²) in [4.78, 5) is 20.4. The van der Waals surface area contributed by atoms with Crippen molar-refractivity contribution in [1.29, 1.82) is 0 Å². The van der Waals surface area contributed by atoms with Gasteiger partial charge in [0.2, 0.25) is 11.8 Å². The normalized spacial score (nSPS) is 10.5. The van der Waals surface area contributed by atoms with E-state index in [-0.39, 0.29) is 12.3 Å². The first-order valence-corrected chi connectivity index (χ1v) is 7.04. The number of pyridine rings is 1. The number of rotatable bonds is 4. The van der Waals surface area contributed by atoms with Gasteiger partial charge in [-0.2, -0.15) is 0 Å². The second-order valence-electron chi connectivity index (χ2n) is 5.00. The third kappa shape index (κ3) is 3.60. The number of oxazole rings is 1. The molecule has 5 nitrogen and oxygen atoms in total. The third-order valence-corrected chi connectivity index (χ3v) is 3.24. The lowest BCUT2D eigenvalue weighted by Crippen LogP contribution is -2.15. The van der Waals surface area contributed by atoms with E-state index >= 15 is 0 Å². The Morgan fingerprint density at radius 1 is 1.30 bits per heavy atom. The lowest BCUT2D eigenvalue weighted by molar-refractivity contribution is -0.115. The predicted octanol–water partition coefficient (Wildman–Crippen LogP) is 3.37. The molecular weight excluding hydrogens is 297 g/mol. The van der Waals surface area contributed by atoms with Gasteiger partial charge < -0.3 is 9.73 Å². The Morgan fingerprint density at radius 3 is 2.91 bits per heavy atom. The highest BCUT2D eigenvalue weighted by atomic mass is 19.1. The van der Waals surface area contributed by atoms with Gasteiger partial charge in [-0.1, -0.05) is 6.07 Å². The SMILES string of the molecule is Cc1oc(-c2cccnc2)nc1CC(=O)Nc1cccc(F)c1. The molecular formula is C17H14FN3O2. The fourth-order valence-corrected chi connectivity index (χ4v) is 2.13. The molecule has 0 unspecified atom stereocenters. The largest absolute Gasteiger partial charge is 0.441 e. The molecule has 1 aromatic carbocycles. The number of halogens is 1. The number of carbonyl (C=O) groups is 1. The molecule has 3 rings (SSSR count). The molecule has 23 heavy (non-hydrogen) atoms. The van der Waals surface area contributed by atoms with Crippen molar-refractivity contribution in [1.82, 2.24) is 9.97 Å². The number of nitrogens with zero attached hydrogens (tertiary/aromatic N) is 2. The van der Waals surface area contributed by atoms with Crippen LogP contribution in [-0.4, -0.2) is 15.9 Å². The van der Waals surface area contributed by atoms with Gasteiger partial charge in [0.15, 0.2) is 0 Å². The molecule has 0 aliphatic rings. The summed E-state index contributed by atoms with van der Waals surface area (Å²) >= 11 is 0. The molecule has 3 aromatic rings. The first kappa shape index (κ1) is 14.9. The van der Waals surface area contributed by atoms with Crippen LogP contribution in [0.25, 0.3) is 11.5 Å². The maximum Gasteiger partial charge on any atom is 0.230 e. The van der Waals surface area contributed by atoms with Crippen LogP contribution in [0.5, 0.6) is 0 Å². The number of benzene rings is 1. The minimum absolute atomic E-state index is 0.0477. The highest BCUT2D eigenvalue weighted by Crippen LogP contribution is 2.21. The van der Waals surface area contributed by atoms with Gasteiger partial charge >= 0.3 is 0 Å². The van der Waals surface area contributed by atoms with Gasteiger partial charge in [-0.3, -0.25) is 9.78 Å². The van der Waals surface area contributed by atoms with Crippen LogP contribution in [0, 0.1) is 12.7 Å². The molecule has 0 saturated heterocycles. The molecule has 0 bridgehead atoms. The lowest BCUT2D eigenvalue weighted by atomic mass is 10.2. The topological polar surface area (TPSA) is 68.0 Å². The van der Waals surface area contributed by atoms with Crippen LogP contribution in [0.3, 0.4) is 0 Å². The van der Waals surface area contributed by atoms with Gasteiger partial charge in [0.25, 0.3) is 0 Å². The van der Waals surface area contributed by atoms with Crippen LogP contribution >= 0.6 is 0 Å². The highest BCUT2D eigenvalue weighted by Gasteiger charge is 2.15. The number of hydrogen-bond donors (Lipinski definition) is 1. The van der Waals surface area contributed by atoms with Crippen molar-refractivity contribution < 1.29 is 13.6 Å². The molecule has 1 N–H and O–H groups in total. The molecule has 0 saturated carbocycles. The zero-order valence-electron chi connectivity index (χ0n) is 12.4. The Morgan fingerprint density at radius 2 is 2.17 bits per heavy atom. The standard InChI is InChI=1S/C17H14FN3O2/c1-11-15(21-17(23-11)12-4-3-7-19-10-12)9-16(22)20-14-6-2-5-13(18)8-14/h2-8,10H,9H2,1H3,(H,20,22). The van der Waals surface area contributed by atoms with E-state index in [0.717, 1.165) is 5.56 Å². The number of amides is 1. The lowest BCUT2D eigenvalue weighted by Gasteiger charge is -2.03. The Bertz CT molecular complexity index is 831. The summed E-state index contributed by atoms with van der Waals surface area (Å²) in [5, 5.41) is 2.63. The maximum atomic E-state index is 13.1. The van der Waals surface area contributed by atoms with E-state index in [1.165, 1.54) is 18.2 Å². The predicted molar refractivity (Wildman–Crippen MR) is 83.2 cm³/mol. The quantitative estimate of drug-likeness (QED) is 0.802. The molecule has 1 amide bonds. The number of aryl methyl sites for hydroxylation is 1. The molecule has 116 valence electrons. The van der Waals surface area contributed by atoms with E-state index in [2.05, 4.69) is 15.3 Å². The summed E-state index contributed by atoms with van der Waals surface area (Å²) in [7, 11) is 0. The molecule has 0 spiro atoms. The fourth-order valence-electron chi connectivity index (χ4n) is 2.13. The Labute approximate surface area is 132 Å². The Kier molecular flexibility index (Phi) is 4.14. The molecule has 6 heteroatoms. The Hall–Kier alpha value is -3.02. The van der Waals surface area contributed by atoms with Gasteiger partial charge in [0, 0.05) is 18.1 Å². The molecule has 0 aliphatic heterocycles. The van der Waals surface area contributed by atoms with E-state index in [1.54, 1.807) is 31.5 Å². The minimum atomic E-state index is -0.403. The van der Waals surface area contributed by atoms with Crippen molar-refractivity contribution in [3.05, 3.63) is 66.1 Å². The van der Waals surface area contributed by atoms with E-state index < -0.39 is 5.82 Å². The number of anilines is 1. The number of nitrogens with one attached hydrogen (secondary N) is 1. The van der Waals surface area contributed by atoms with E-state index in [9.17, 15) is 9.18 Å². The van der Waals surface area contributed by atoms with Crippen LogP contribution in [0.2, 0.25) is 0 Å². The van der Waals surface area contributed by atoms with Gasteiger partial charge in [-0.15, -0.1) is 0 Å². The van der Waals surface area contributed by atoms with Crippen LogP contribution in [0.15, 0.2) is 53.2 Å². The summed E-state index contributed by atoms with van der Waals surface area (Å²) in [6.07, 6.45) is 3.35. The van der Waals surface area contributed by atoms with E-state index in [1.807, 2.05) is 6.07 Å². The molecule has 0 aliphatic carbocycles. The van der Waals surface area contributed by atoms with Crippen molar-refractivity contribution in [2.75, 3.05) is 5.32 Å². The second-order valence-corrected chi connectivity index (χ2v) is 5.00. The average Bonchev–Trinajstić information content (AvgIpc) is 2.89. The molecule has 0 radical (unpaired) electrons. The summed E-state index contributed by atoms with van der Waals surface area (Å²) in [6, 6.07) is 9.34. The van der Waals surface area contributed by atoms with Gasteiger partial charge in [-0.25, -0.2) is 9.37 Å². The zero-order chi connectivity index (χ0) is 16.2. The zero-order valence-corrected chi connectivity index (χ0v) is 12.4. The van der Waals surface area contributed by atoms with E-state index in [4.69, 9.17) is 4.42 Å². The molecule has 2 heterocycles. The van der Waals surface area contributed by atoms with E-state index in [0.29, 0.717) is 23.0 Å². The molecule has 2 aromatic heterocycles.